The molecular weight excluding hydrogens is 354 g/mol. The molecule has 0 heterocycles. The standard InChI is InChI=1S/C27H27NO/c1-20-12-14-22(15-13-20)19-29-27-17-16-24-10-6-7-11-25(24)26(27)18-28-21(2)23-8-4-3-5-9-23/h3-17,21,28H,18-19H2,1-2H3. The summed E-state index contributed by atoms with van der Waals surface area (Å²) in [6.07, 6.45) is 0. The van der Waals surface area contributed by atoms with Gasteiger partial charge in [0.2, 0.25) is 0 Å². The minimum atomic E-state index is 0.264. The van der Waals surface area contributed by atoms with Crippen molar-refractivity contribution in [3.63, 3.8) is 0 Å². The van der Waals surface area contributed by atoms with Crippen LogP contribution in [-0.4, -0.2) is 0 Å². The summed E-state index contributed by atoms with van der Waals surface area (Å²) < 4.78 is 6.27. The average molecular weight is 382 g/mol. The molecule has 2 heteroatoms. The molecule has 4 aromatic rings. The Labute approximate surface area is 173 Å². The van der Waals surface area contributed by atoms with Crippen molar-refractivity contribution in [1.29, 1.82) is 0 Å². The SMILES string of the molecule is Cc1ccc(COc2ccc3ccccc3c2CNC(C)c2ccccc2)cc1. The van der Waals surface area contributed by atoms with Gasteiger partial charge in [-0.3, -0.25) is 0 Å². The summed E-state index contributed by atoms with van der Waals surface area (Å²) in [5.74, 6) is 0.942. The molecule has 4 aromatic carbocycles. The lowest BCUT2D eigenvalue weighted by Crippen LogP contribution is -2.18. The molecule has 146 valence electrons. The van der Waals surface area contributed by atoms with Crippen LogP contribution in [0.1, 0.15) is 35.2 Å². The number of benzene rings is 4. The number of aryl methyl sites for hydroxylation is 1. The third-order valence-corrected chi connectivity index (χ3v) is 5.40. The van der Waals surface area contributed by atoms with Gasteiger partial charge in [0.25, 0.3) is 0 Å². The first-order chi connectivity index (χ1) is 14.2. The number of hydrogen-bond donors (Lipinski definition) is 1. The highest BCUT2D eigenvalue weighted by Crippen LogP contribution is 2.29. The maximum atomic E-state index is 6.27. The highest BCUT2D eigenvalue weighted by molar-refractivity contribution is 5.87. The molecule has 0 saturated carbocycles. The van der Waals surface area contributed by atoms with Gasteiger partial charge in [-0.25, -0.2) is 0 Å². The van der Waals surface area contributed by atoms with E-state index < -0.39 is 0 Å². The van der Waals surface area contributed by atoms with Crippen molar-refractivity contribution in [2.75, 3.05) is 0 Å². The molecule has 0 saturated heterocycles. The molecule has 29 heavy (non-hydrogen) atoms. The molecule has 2 nitrogen and oxygen atoms in total. The molecule has 0 aliphatic heterocycles. The Balaban J connectivity index is 1.57. The van der Waals surface area contributed by atoms with E-state index in [0.717, 1.165) is 12.3 Å². The van der Waals surface area contributed by atoms with Gasteiger partial charge < -0.3 is 10.1 Å². The van der Waals surface area contributed by atoms with Gasteiger partial charge >= 0.3 is 0 Å². The summed E-state index contributed by atoms with van der Waals surface area (Å²) in [6.45, 7) is 5.62. The molecule has 0 aliphatic carbocycles. The molecule has 1 unspecified atom stereocenters. The second-order valence-corrected chi connectivity index (χ2v) is 7.55. The van der Waals surface area contributed by atoms with Crippen molar-refractivity contribution in [1.82, 2.24) is 5.32 Å². The Hall–Kier alpha value is -3.10. The Bertz CT molecular complexity index is 1070. The maximum absolute atomic E-state index is 6.27. The zero-order valence-electron chi connectivity index (χ0n) is 17.1. The number of hydrogen-bond acceptors (Lipinski definition) is 2. The second-order valence-electron chi connectivity index (χ2n) is 7.55. The minimum absolute atomic E-state index is 0.264. The van der Waals surface area contributed by atoms with Crippen LogP contribution in [0.4, 0.5) is 0 Å². The van der Waals surface area contributed by atoms with E-state index in [1.807, 2.05) is 0 Å². The third-order valence-electron chi connectivity index (χ3n) is 5.40. The fourth-order valence-corrected chi connectivity index (χ4v) is 3.59. The van der Waals surface area contributed by atoms with Gasteiger partial charge in [0.1, 0.15) is 12.4 Å². The van der Waals surface area contributed by atoms with Crippen molar-refractivity contribution < 1.29 is 4.74 Å². The van der Waals surface area contributed by atoms with Crippen molar-refractivity contribution in [3.8, 4) is 5.75 Å². The number of fused-ring (bicyclic) bond motifs is 1. The summed E-state index contributed by atoms with van der Waals surface area (Å²) in [7, 11) is 0. The largest absolute Gasteiger partial charge is 0.489 e. The lowest BCUT2D eigenvalue weighted by atomic mass is 10.0. The summed E-state index contributed by atoms with van der Waals surface area (Å²) in [6, 6.07) is 32.1. The second kappa shape index (κ2) is 8.93. The van der Waals surface area contributed by atoms with Gasteiger partial charge in [-0.05, 0) is 41.8 Å². The molecule has 0 aromatic heterocycles. The molecule has 0 spiro atoms. The topological polar surface area (TPSA) is 21.3 Å². The van der Waals surface area contributed by atoms with Crippen LogP contribution in [0, 0.1) is 6.92 Å². The van der Waals surface area contributed by atoms with Crippen LogP contribution in [-0.2, 0) is 13.2 Å². The van der Waals surface area contributed by atoms with Gasteiger partial charge in [-0.15, -0.1) is 0 Å². The normalized spacial score (nSPS) is 12.1. The molecule has 0 aliphatic rings. The third kappa shape index (κ3) is 4.67. The molecule has 0 bridgehead atoms. The van der Waals surface area contributed by atoms with Crippen LogP contribution in [0.15, 0.2) is 91.0 Å². The first-order valence-electron chi connectivity index (χ1n) is 10.2. The predicted molar refractivity (Wildman–Crippen MR) is 121 cm³/mol. The molecule has 0 fully saturated rings. The van der Waals surface area contributed by atoms with E-state index in [2.05, 4.69) is 110 Å². The Morgan fingerprint density at radius 3 is 2.31 bits per heavy atom. The zero-order chi connectivity index (χ0) is 20.1. The smallest absolute Gasteiger partial charge is 0.124 e. The fourth-order valence-electron chi connectivity index (χ4n) is 3.59. The summed E-state index contributed by atoms with van der Waals surface area (Å²) >= 11 is 0. The van der Waals surface area contributed by atoms with Gasteiger partial charge in [0.05, 0.1) is 0 Å². The Morgan fingerprint density at radius 1 is 0.793 bits per heavy atom. The van der Waals surface area contributed by atoms with Gasteiger partial charge in [0, 0.05) is 18.2 Å². The van der Waals surface area contributed by atoms with Crippen LogP contribution in [0.5, 0.6) is 5.75 Å². The van der Waals surface area contributed by atoms with E-state index in [-0.39, 0.29) is 6.04 Å². The van der Waals surface area contributed by atoms with Gasteiger partial charge in [0.15, 0.2) is 0 Å². The average Bonchev–Trinajstić information content (AvgIpc) is 2.78. The van der Waals surface area contributed by atoms with Crippen LogP contribution in [0.3, 0.4) is 0 Å². The van der Waals surface area contributed by atoms with Crippen molar-refractivity contribution in [2.24, 2.45) is 0 Å². The van der Waals surface area contributed by atoms with E-state index in [1.165, 1.54) is 33.0 Å². The molecule has 0 radical (unpaired) electrons. The van der Waals surface area contributed by atoms with Crippen LogP contribution in [0.2, 0.25) is 0 Å². The van der Waals surface area contributed by atoms with Gasteiger partial charge in [-0.1, -0.05) is 90.5 Å². The van der Waals surface area contributed by atoms with Crippen LogP contribution in [0.25, 0.3) is 10.8 Å². The maximum Gasteiger partial charge on any atom is 0.124 e. The lowest BCUT2D eigenvalue weighted by Gasteiger charge is -2.18. The first kappa shape index (κ1) is 19.2. The van der Waals surface area contributed by atoms with Crippen molar-refractivity contribution in [2.45, 2.75) is 33.0 Å². The number of rotatable bonds is 7. The first-order valence-corrected chi connectivity index (χ1v) is 10.2. The van der Waals surface area contributed by atoms with Crippen molar-refractivity contribution in [3.05, 3.63) is 113 Å². The molecular formula is C27H27NO. The number of nitrogens with one attached hydrogen (secondary N) is 1. The van der Waals surface area contributed by atoms with Crippen molar-refractivity contribution >= 4 is 10.8 Å². The fraction of sp³-hybridized carbons (Fsp3) is 0.185. The predicted octanol–water partition coefficient (Wildman–Crippen LogP) is 6.58. The highest BCUT2D eigenvalue weighted by Gasteiger charge is 2.12. The zero-order valence-corrected chi connectivity index (χ0v) is 17.1. The van der Waals surface area contributed by atoms with Gasteiger partial charge in [-0.2, -0.15) is 0 Å². The lowest BCUT2D eigenvalue weighted by molar-refractivity contribution is 0.302. The van der Waals surface area contributed by atoms with E-state index in [9.17, 15) is 0 Å². The summed E-state index contributed by atoms with van der Waals surface area (Å²) in [4.78, 5) is 0. The van der Waals surface area contributed by atoms with E-state index in [4.69, 9.17) is 4.74 Å². The highest BCUT2D eigenvalue weighted by atomic mass is 16.5. The quantitative estimate of drug-likeness (QED) is 0.390. The van der Waals surface area contributed by atoms with E-state index >= 15 is 0 Å². The Kier molecular flexibility index (Phi) is 5.92. The van der Waals surface area contributed by atoms with E-state index in [0.29, 0.717) is 6.61 Å². The monoisotopic (exact) mass is 381 g/mol. The minimum Gasteiger partial charge on any atom is -0.489 e. The molecule has 4 rings (SSSR count). The van der Waals surface area contributed by atoms with Crippen LogP contribution >= 0.6 is 0 Å². The molecule has 1 atom stereocenters. The summed E-state index contributed by atoms with van der Waals surface area (Å²) in [5.41, 5.74) is 4.94. The van der Waals surface area contributed by atoms with E-state index in [1.54, 1.807) is 0 Å². The summed E-state index contributed by atoms with van der Waals surface area (Å²) in [5, 5.41) is 6.15. The molecule has 0 amide bonds. The number of ether oxygens (including phenoxy) is 1. The molecule has 1 N–H and O–H groups in total. The Morgan fingerprint density at radius 2 is 1.52 bits per heavy atom. The van der Waals surface area contributed by atoms with Crippen LogP contribution < -0.4 is 10.1 Å².